The Bertz CT molecular complexity index is 787. The number of nitrogens with zero attached hydrogens (tertiary/aromatic N) is 1. The van der Waals surface area contributed by atoms with Crippen molar-refractivity contribution in [2.75, 3.05) is 18.9 Å². The Morgan fingerprint density at radius 3 is 2.73 bits per heavy atom. The van der Waals surface area contributed by atoms with E-state index in [0.717, 1.165) is 15.8 Å². The second kappa shape index (κ2) is 6.91. The summed E-state index contributed by atoms with van der Waals surface area (Å²) in [5.41, 5.74) is 0.642. The summed E-state index contributed by atoms with van der Waals surface area (Å²) in [6.45, 7) is 2.13. The zero-order valence-electron chi connectivity index (χ0n) is 12.0. The first-order valence-electron chi connectivity index (χ1n) is 6.46. The minimum absolute atomic E-state index is 0.140. The maximum absolute atomic E-state index is 12.2. The van der Waals surface area contributed by atoms with E-state index in [9.17, 15) is 13.2 Å². The molecule has 5 nitrogen and oxygen atoms in total. The number of anilines is 1. The van der Waals surface area contributed by atoms with E-state index in [2.05, 4.69) is 21.2 Å². The van der Waals surface area contributed by atoms with Gasteiger partial charge in [0.2, 0.25) is 10.0 Å². The number of benzene rings is 1. The molecule has 2 rings (SSSR count). The summed E-state index contributed by atoms with van der Waals surface area (Å²) < 4.78 is 26.5. The molecule has 8 heteroatoms. The molecule has 0 aliphatic heterocycles. The molecule has 1 N–H and O–H groups in total. The van der Waals surface area contributed by atoms with Crippen LogP contribution in [0, 0.1) is 0 Å². The van der Waals surface area contributed by atoms with Crippen LogP contribution in [-0.2, 0) is 10.0 Å². The Morgan fingerprint density at radius 2 is 2.09 bits per heavy atom. The van der Waals surface area contributed by atoms with E-state index in [1.54, 1.807) is 25.1 Å². The average molecular weight is 403 g/mol. The summed E-state index contributed by atoms with van der Waals surface area (Å²) in [7, 11) is -2.02. The van der Waals surface area contributed by atoms with Crippen LogP contribution in [0.2, 0.25) is 0 Å². The summed E-state index contributed by atoms with van der Waals surface area (Å²) >= 11 is 4.44. The standard InChI is InChI=1S/C14H15BrN2O3S2/c1-3-17(2)22(19,20)12-8-13(21-9-12)14(18)16-11-6-4-5-10(15)7-11/h4-9H,3H2,1-2H3,(H,16,18). The Hall–Kier alpha value is -1.22. The van der Waals surface area contributed by atoms with Crippen LogP contribution in [0.25, 0.3) is 0 Å². The summed E-state index contributed by atoms with van der Waals surface area (Å²) in [6.07, 6.45) is 0. The molecule has 118 valence electrons. The van der Waals surface area contributed by atoms with Crippen LogP contribution >= 0.6 is 27.3 Å². The van der Waals surface area contributed by atoms with Crippen LogP contribution < -0.4 is 5.32 Å². The molecule has 1 aromatic carbocycles. The number of halogens is 1. The first-order chi connectivity index (χ1) is 10.3. The number of amides is 1. The third-order valence-electron chi connectivity index (χ3n) is 3.04. The Kier molecular flexibility index (Phi) is 5.38. The number of sulfonamides is 1. The molecule has 2 aromatic rings. The molecule has 1 aromatic heterocycles. The van der Waals surface area contributed by atoms with Crippen LogP contribution in [0.1, 0.15) is 16.6 Å². The normalized spacial score (nSPS) is 11.6. The lowest BCUT2D eigenvalue weighted by Gasteiger charge is -2.12. The van der Waals surface area contributed by atoms with Crippen molar-refractivity contribution in [2.24, 2.45) is 0 Å². The highest BCUT2D eigenvalue weighted by atomic mass is 79.9. The van der Waals surface area contributed by atoms with E-state index in [0.29, 0.717) is 17.1 Å². The molecule has 1 amide bonds. The summed E-state index contributed by atoms with van der Waals surface area (Å²) in [4.78, 5) is 12.7. The van der Waals surface area contributed by atoms with Gasteiger partial charge in [-0.05, 0) is 24.3 Å². The lowest BCUT2D eigenvalue weighted by atomic mass is 10.3. The van der Waals surface area contributed by atoms with E-state index in [4.69, 9.17) is 0 Å². The average Bonchev–Trinajstić information content (AvgIpc) is 2.97. The summed E-state index contributed by atoms with van der Waals surface area (Å²) in [6, 6.07) is 8.60. The number of carbonyl (C=O) groups is 1. The molecule has 0 saturated carbocycles. The fourth-order valence-corrected chi connectivity index (χ4v) is 4.42. The number of hydrogen-bond donors (Lipinski definition) is 1. The van der Waals surface area contributed by atoms with Gasteiger partial charge in [-0.2, -0.15) is 0 Å². The zero-order valence-corrected chi connectivity index (χ0v) is 15.3. The maximum Gasteiger partial charge on any atom is 0.265 e. The third kappa shape index (κ3) is 3.75. The van der Waals surface area contributed by atoms with Gasteiger partial charge < -0.3 is 5.32 Å². The molecule has 0 aliphatic rings. The molecule has 0 spiro atoms. The van der Waals surface area contributed by atoms with E-state index in [1.807, 2.05) is 6.07 Å². The van der Waals surface area contributed by atoms with Crippen LogP contribution in [0.15, 0.2) is 45.1 Å². The minimum atomic E-state index is -3.53. The summed E-state index contributed by atoms with van der Waals surface area (Å²) in [5, 5.41) is 4.22. The molecule has 0 bridgehead atoms. The van der Waals surface area contributed by atoms with Crippen molar-refractivity contribution < 1.29 is 13.2 Å². The van der Waals surface area contributed by atoms with Gasteiger partial charge in [0.1, 0.15) is 0 Å². The second-order valence-corrected chi connectivity index (χ2v) is 8.40. The van der Waals surface area contributed by atoms with E-state index in [1.165, 1.54) is 22.8 Å². The van der Waals surface area contributed by atoms with Gasteiger partial charge in [-0.15, -0.1) is 11.3 Å². The van der Waals surface area contributed by atoms with Gasteiger partial charge in [-0.3, -0.25) is 4.79 Å². The fourth-order valence-electron chi connectivity index (χ4n) is 1.68. The number of thiophene rings is 1. The molecule has 22 heavy (non-hydrogen) atoms. The first-order valence-corrected chi connectivity index (χ1v) is 9.57. The molecule has 0 saturated heterocycles. The lowest BCUT2D eigenvalue weighted by Crippen LogP contribution is -2.26. The highest BCUT2D eigenvalue weighted by Crippen LogP contribution is 2.23. The second-order valence-electron chi connectivity index (χ2n) is 4.53. The van der Waals surface area contributed by atoms with Crippen LogP contribution in [0.3, 0.4) is 0 Å². The van der Waals surface area contributed by atoms with Crippen molar-refractivity contribution in [2.45, 2.75) is 11.8 Å². The minimum Gasteiger partial charge on any atom is -0.321 e. The van der Waals surface area contributed by atoms with Gasteiger partial charge in [0.05, 0.1) is 9.77 Å². The predicted molar refractivity (Wildman–Crippen MR) is 91.9 cm³/mol. The Morgan fingerprint density at radius 1 is 1.36 bits per heavy atom. The predicted octanol–water partition coefficient (Wildman–Crippen LogP) is 3.40. The molecule has 0 atom stereocenters. The van der Waals surface area contributed by atoms with Gasteiger partial charge in [-0.25, -0.2) is 12.7 Å². The van der Waals surface area contributed by atoms with Gasteiger partial charge in [0.15, 0.2) is 0 Å². The largest absolute Gasteiger partial charge is 0.321 e. The van der Waals surface area contributed by atoms with E-state index in [-0.39, 0.29) is 10.8 Å². The molecular weight excluding hydrogens is 388 g/mol. The topological polar surface area (TPSA) is 66.5 Å². The van der Waals surface area contributed by atoms with Crippen LogP contribution in [-0.4, -0.2) is 32.2 Å². The SMILES string of the molecule is CCN(C)S(=O)(=O)c1csc(C(=O)Nc2cccc(Br)c2)c1. The molecular formula is C14H15BrN2O3S2. The number of rotatable bonds is 5. The molecule has 0 unspecified atom stereocenters. The third-order valence-corrected chi connectivity index (χ3v) is 6.52. The number of nitrogens with one attached hydrogen (secondary N) is 1. The monoisotopic (exact) mass is 402 g/mol. The Labute approximate surface area is 142 Å². The van der Waals surface area contributed by atoms with E-state index >= 15 is 0 Å². The van der Waals surface area contributed by atoms with Gasteiger partial charge in [0, 0.05) is 29.1 Å². The van der Waals surface area contributed by atoms with Gasteiger partial charge >= 0.3 is 0 Å². The number of hydrogen-bond acceptors (Lipinski definition) is 4. The van der Waals surface area contributed by atoms with Crippen molar-refractivity contribution in [3.05, 3.63) is 45.1 Å². The van der Waals surface area contributed by atoms with E-state index < -0.39 is 10.0 Å². The van der Waals surface area contributed by atoms with Crippen LogP contribution in [0.4, 0.5) is 5.69 Å². The van der Waals surface area contributed by atoms with Crippen molar-refractivity contribution >= 4 is 48.9 Å². The van der Waals surface area contributed by atoms with Crippen molar-refractivity contribution in [1.82, 2.24) is 4.31 Å². The quantitative estimate of drug-likeness (QED) is 0.832. The summed E-state index contributed by atoms with van der Waals surface area (Å²) in [5.74, 6) is -0.330. The smallest absolute Gasteiger partial charge is 0.265 e. The van der Waals surface area contributed by atoms with Crippen molar-refractivity contribution in [3.63, 3.8) is 0 Å². The highest BCUT2D eigenvalue weighted by Gasteiger charge is 2.22. The molecule has 0 fully saturated rings. The highest BCUT2D eigenvalue weighted by molar-refractivity contribution is 9.10. The molecule has 0 aliphatic carbocycles. The lowest BCUT2D eigenvalue weighted by molar-refractivity contribution is 0.103. The fraction of sp³-hybridized carbons (Fsp3) is 0.214. The van der Waals surface area contributed by atoms with Gasteiger partial charge in [-0.1, -0.05) is 28.9 Å². The van der Waals surface area contributed by atoms with Crippen molar-refractivity contribution in [1.29, 1.82) is 0 Å². The molecule has 1 heterocycles. The number of carbonyl (C=O) groups excluding carboxylic acids is 1. The van der Waals surface area contributed by atoms with Crippen LogP contribution in [0.5, 0.6) is 0 Å². The first kappa shape index (κ1) is 17.1. The zero-order chi connectivity index (χ0) is 16.3. The van der Waals surface area contributed by atoms with Crippen molar-refractivity contribution in [3.8, 4) is 0 Å². The Balaban J connectivity index is 2.19. The molecule has 0 radical (unpaired) electrons. The van der Waals surface area contributed by atoms with Gasteiger partial charge in [0.25, 0.3) is 5.91 Å². The maximum atomic E-state index is 12.2.